The van der Waals surface area contributed by atoms with Crippen LogP contribution in [0.15, 0.2) is 0 Å². The number of hydrogen-bond donors (Lipinski definition) is 0. The van der Waals surface area contributed by atoms with Gasteiger partial charge in [-0.15, -0.1) is 11.6 Å². The summed E-state index contributed by atoms with van der Waals surface area (Å²) < 4.78 is 10.0. The highest BCUT2D eigenvalue weighted by molar-refractivity contribution is 6.19. The van der Waals surface area contributed by atoms with Gasteiger partial charge < -0.3 is 14.4 Å². The van der Waals surface area contributed by atoms with Crippen molar-refractivity contribution in [2.45, 2.75) is 20.3 Å². The molecule has 0 spiro atoms. The average molecular weight is 266 g/mol. The third kappa shape index (κ3) is 6.24. The van der Waals surface area contributed by atoms with Crippen molar-refractivity contribution < 1.29 is 14.3 Å². The summed E-state index contributed by atoms with van der Waals surface area (Å²) in [5.41, 5.74) is -0.525. The van der Waals surface area contributed by atoms with Gasteiger partial charge in [0.15, 0.2) is 0 Å². The lowest BCUT2D eigenvalue weighted by molar-refractivity contribution is -0.140. The van der Waals surface area contributed by atoms with E-state index in [0.717, 1.165) is 6.42 Å². The monoisotopic (exact) mass is 265 g/mol. The maximum Gasteiger partial charge on any atom is 0.229 e. The van der Waals surface area contributed by atoms with Crippen LogP contribution in [0.2, 0.25) is 0 Å². The predicted molar refractivity (Wildman–Crippen MR) is 69.5 cm³/mol. The van der Waals surface area contributed by atoms with Crippen LogP contribution in [0.5, 0.6) is 0 Å². The largest absolute Gasteiger partial charge is 0.385 e. The Labute approximate surface area is 109 Å². The van der Waals surface area contributed by atoms with E-state index in [0.29, 0.717) is 32.2 Å². The van der Waals surface area contributed by atoms with Gasteiger partial charge in [-0.25, -0.2) is 0 Å². The lowest BCUT2D eigenvalue weighted by atomic mass is 9.94. The van der Waals surface area contributed by atoms with Crippen LogP contribution in [0.25, 0.3) is 0 Å². The molecule has 0 saturated heterocycles. The molecule has 0 N–H and O–H groups in total. The molecule has 0 heterocycles. The van der Waals surface area contributed by atoms with Gasteiger partial charge in [-0.3, -0.25) is 4.79 Å². The van der Waals surface area contributed by atoms with Gasteiger partial charge in [0.1, 0.15) is 0 Å². The van der Waals surface area contributed by atoms with Gasteiger partial charge in [0.25, 0.3) is 0 Å². The maximum atomic E-state index is 12.2. The lowest BCUT2D eigenvalue weighted by Gasteiger charge is -2.30. The number of hydrogen-bond acceptors (Lipinski definition) is 3. The number of carbonyl (C=O) groups is 1. The first-order chi connectivity index (χ1) is 7.99. The molecule has 4 nitrogen and oxygen atoms in total. The first kappa shape index (κ1) is 16.7. The zero-order valence-corrected chi connectivity index (χ0v) is 12.0. The van der Waals surface area contributed by atoms with Crippen LogP contribution in [0.3, 0.4) is 0 Å². The first-order valence-electron chi connectivity index (χ1n) is 5.82. The van der Waals surface area contributed by atoms with Gasteiger partial charge >= 0.3 is 0 Å². The Hall–Kier alpha value is -0.320. The molecule has 0 radical (unpaired) electrons. The predicted octanol–water partition coefficient (Wildman–Crippen LogP) is 1.76. The van der Waals surface area contributed by atoms with E-state index in [1.165, 1.54) is 0 Å². The van der Waals surface area contributed by atoms with Gasteiger partial charge in [-0.2, -0.15) is 0 Å². The zero-order valence-electron chi connectivity index (χ0n) is 11.3. The van der Waals surface area contributed by atoms with Crippen molar-refractivity contribution in [1.29, 1.82) is 0 Å². The van der Waals surface area contributed by atoms with Crippen molar-refractivity contribution in [1.82, 2.24) is 4.90 Å². The van der Waals surface area contributed by atoms with Crippen LogP contribution in [0.4, 0.5) is 0 Å². The van der Waals surface area contributed by atoms with Crippen molar-refractivity contribution >= 4 is 17.5 Å². The SMILES string of the molecule is COCCCN(CCOC)C(=O)C(C)(C)CCl. The third-order valence-electron chi connectivity index (χ3n) is 2.54. The number of nitrogens with zero attached hydrogens (tertiary/aromatic N) is 1. The summed E-state index contributed by atoms with van der Waals surface area (Å²) in [5, 5.41) is 0. The summed E-state index contributed by atoms with van der Waals surface area (Å²) in [6.45, 7) is 6.18. The molecule has 0 atom stereocenters. The molecular weight excluding hydrogens is 242 g/mol. The Morgan fingerprint density at radius 3 is 2.24 bits per heavy atom. The molecule has 0 fully saturated rings. The van der Waals surface area contributed by atoms with E-state index >= 15 is 0 Å². The van der Waals surface area contributed by atoms with Gasteiger partial charge in [0.2, 0.25) is 5.91 Å². The number of alkyl halides is 1. The Balaban J connectivity index is 4.39. The molecule has 0 aliphatic heterocycles. The van der Waals surface area contributed by atoms with Gasteiger partial charge in [0.05, 0.1) is 12.0 Å². The maximum absolute atomic E-state index is 12.2. The number of amides is 1. The Morgan fingerprint density at radius 2 is 1.76 bits per heavy atom. The van der Waals surface area contributed by atoms with E-state index in [1.54, 1.807) is 19.1 Å². The highest BCUT2D eigenvalue weighted by Crippen LogP contribution is 2.20. The molecule has 0 aromatic heterocycles. The zero-order chi connectivity index (χ0) is 13.3. The van der Waals surface area contributed by atoms with Crippen molar-refractivity contribution in [2.24, 2.45) is 5.41 Å². The minimum atomic E-state index is -0.525. The highest BCUT2D eigenvalue weighted by atomic mass is 35.5. The number of methoxy groups -OCH3 is 2. The molecule has 0 rings (SSSR count). The molecule has 1 amide bonds. The number of rotatable bonds is 9. The Bertz CT molecular complexity index is 222. The topological polar surface area (TPSA) is 38.8 Å². The molecule has 0 aliphatic rings. The molecule has 0 bridgehead atoms. The average Bonchev–Trinajstić information content (AvgIpc) is 2.32. The quantitative estimate of drug-likeness (QED) is 0.471. The lowest BCUT2D eigenvalue weighted by Crippen LogP contribution is -2.44. The van der Waals surface area contributed by atoms with Crippen LogP contribution in [-0.4, -0.2) is 57.2 Å². The highest BCUT2D eigenvalue weighted by Gasteiger charge is 2.30. The van der Waals surface area contributed by atoms with E-state index in [1.807, 2.05) is 13.8 Å². The molecule has 0 saturated carbocycles. The fourth-order valence-corrected chi connectivity index (χ4v) is 1.52. The van der Waals surface area contributed by atoms with E-state index in [2.05, 4.69) is 0 Å². The Morgan fingerprint density at radius 1 is 1.18 bits per heavy atom. The molecule has 0 unspecified atom stereocenters. The van der Waals surface area contributed by atoms with Crippen molar-refractivity contribution in [3.05, 3.63) is 0 Å². The van der Waals surface area contributed by atoms with Gasteiger partial charge in [-0.05, 0) is 20.3 Å². The molecule has 0 aliphatic carbocycles. The van der Waals surface area contributed by atoms with Crippen LogP contribution >= 0.6 is 11.6 Å². The summed E-state index contributed by atoms with van der Waals surface area (Å²) in [6, 6.07) is 0. The third-order valence-corrected chi connectivity index (χ3v) is 3.21. The second-order valence-corrected chi connectivity index (χ2v) is 4.92. The molecule has 102 valence electrons. The second kappa shape index (κ2) is 8.72. The molecular formula is C12H24ClNO3. The van der Waals surface area contributed by atoms with Crippen LogP contribution in [0.1, 0.15) is 20.3 Å². The second-order valence-electron chi connectivity index (χ2n) is 4.65. The first-order valence-corrected chi connectivity index (χ1v) is 6.36. The van der Waals surface area contributed by atoms with Gasteiger partial charge in [-0.1, -0.05) is 0 Å². The standard InChI is InChI=1S/C12H24ClNO3/c1-12(2,10-13)11(15)14(7-9-17-4)6-5-8-16-3/h5-10H2,1-4H3. The van der Waals surface area contributed by atoms with E-state index < -0.39 is 5.41 Å². The van der Waals surface area contributed by atoms with Crippen molar-refractivity contribution in [2.75, 3.05) is 46.4 Å². The summed E-state index contributed by atoms with van der Waals surface area (Å²) in [6.07, 6.45) is 0.824. The van der Waals surface area contributed by atoms with E-state index in [-0.39, 0.29) is 5.91 Å². The van der Waals surface area contributed by atoms with Crippen LogP contribution < -0.4 is 0 Å². The smallest absolute Gasteiger partial charge is 0.229 e. The fraction of sp³-hybridized carbons (Fsp3) is 0.917. The molecule has 17 heavy (non-hydrogen) atoms. The molecule has 5 heteroatoms. The summed E-state index contributed by atoms with van der Waals surface area (Å²) in [4.78, 5) is 14.0. The number of ether oxygens (including phenoxy) is 2. The number of carbonyl (C=O) groups excluding carboxylic acids is 1. The summed E-state index contributed by atoms with van der Waals surface area (Å²) in [5.74, 6) is 0.389. The molecule has 0 aromatic rings. The van der Waals surface area contributed by atoms with E-state index in [9.17, 15) is 4.79 Å². The number of halogens is 1. The van der Waals surface area contributed by atoms with Crippen molar-refractivity contribution in [3.63, 3.8) is 0 Å². The minimum Gasteiger partial charge on any atom is -0.385 e. The fourth-order valence-electron chi connectivity index (χ4n) is 1.40. The molecule has 0 aromatic carbocycles. The van der Waals surface area contributed by atoms with Crippen molar-refractivity contribution in [3.8, 4) is 0 Å². The van der Waals surface area contributed by atoms with Crippen LogP contribution in [-0.2, 0) is 14.3 Å². The summed E-state index contributed by atoms with van der Waals surface area (Å²) >= 11 is 5.82. The van der Waals surface area contributed by atoms with Crippen LogP contribution in [0, 0.1) is 5.41 Å². The van der Waals surface area contributed by atoms with E-state index in [4.69, 9.17) is 21.1 Å². The minimum absolute atomic E-state index is 0.0700. The Kier molecular flexibility index (Phi) is 8.56. The summed E-state index contributed by atoms with van der Waals surface area (Å²) in [7, 11) is 3.29. The normalized spacial score (nSPS) is 11.6. The van der Waals surface area contributed by atoms with Gasteiger partial charge in [0, 0.05) is 39.8 Å².